The molecule has 1 saturated heterocycles. The van der Waals surface area contributed by atoms with Gasteiger partial charge < -0.3 is 5.11 Å². The number of amides is 3. The maximum atomic E-state index is 12.9. The Balaban J connectivity index is 1.54. The zero-order chi connectivity index (χ0) is 16.7. The second kappa shape index (κ2) is 4.57. The fourth-order valence-corrected chi connectivity index (χ4v) is 5.32. The first-order valence-corrected chi connectivity index (χ1v) is 8.87. The summed E-state index contributed by atoms with van der Waals surface area (Å²) in [5.74, 6) is -1.44. The molecular formula is C18H14BrNO4. The van der Waals surface area contributed by atoms with Gasteiger partial charge in [-0.1, -0.05) is 28.1 Å². The Kier molecular flexibility index (Phi) is 2.74. The van der Waals surface area contributed by atoms with Crippen molar-refractivity contribution < 1.29 is 19.5 Å². The highest BCUT2D eigenvalue weighted by Crippen LogP contribution is 2.65. The molecule has 2 bridgehead atoms. The van der Waals surface area contributed by atoms with Gasteiger partial charge in [-0.3, -0.25) is 14.4 Å². The minimum atomic E-state index is -0.730. The van der Waals surface area contributed by atoms with Crippen LogP contribution in [0.4, 0.5) is 0 Å². The van der Waals surface area contributed by atoms with Gasteiger partial charge in [-0.05, 0) is 48.3 Å². The zero-order valence-electron chi connectivity index (χ0n) is 12.6. The number of carbonyl (C=O) groups is 3. The number of hydrogen-bond donors (Lipinski definition) is 1. The maximum absolute atomic E-state index is 12.9. The number of allylic oxidation sites excluding steroid dienone is 2. The third-order valence-electron chi connectivity index (χ3n) is 6.05. The van der Waals surface area contributed by atoms with Crippen LogP contribution >= 0.6 is 15.9 Å². The van der Waals surface area contributed by atoms with E-state index in [2.05, 4.69) is 28.1 Å². The summed E-state index contributed by atoms with van der Waals surface area (Å²) in [6.07, 6.45) is 5.21. The lowest BCUT2D eigenvalue weighted by Crippen LogP contribution is -2.40. The third kappa shape index (κ3) is 1.67. The number of likely N-dealkylation sites (tertiary alicyclic amines) is 1. The lowest BCUT2D eigenvalue weighted by Gasteiger charge is -2.37. The molecule has 3 fully saturated rings. The van der Waals surface area contributed by atoms with Crippen molar-refractivity contribution >= 4 is 33.7 Å². The number of rotatable bonds is 1. The molecule has 1 N–H and O–H groups in total. The van der Waals surface area contributed by atoms with Gasteiger partial charge in [0.15, 0.2) is 0 Å². The van der Waals surface area contributed by atoms with Gasteiger partial charge in [-0.25, -0.2) is 4.90 Å². The van der Waals surface area contributed by atoms with Crippen LogP contribution in [0.15, 0.2) is 34.8 Å². The Morgan fingerprint density at radius 3 is 2.25 bits per heavy atom. The monoisotopic (exact) mass is 387 g/mol. The minimum absolute atomic E-state index is 0.0322. The van der Waals surface area contributed by atoms with Gasteiger partial charge in [0, 0.05) is 4.47 Å². The van der Waals surface area contributed by atoms with Crippen molar-refractivity contribution in [3.05, 3.63) is 40.4 Å². The number of halogens is 1. The Morgan fingerprint density at radius 2 is 1.67 bits per heavy atom. The zero-order valence-corrected chi connectivity index (χ0v) is 14.1. The van der Waals surface area contributed by atoms with E-state index in [1.165, 1.54) is 12.1 Å². The number of phenolic OH excluding ortho intramolecular Hbond substituents is 1. The minimum Gasteiger partial charge on any atom is -0.507 e. The summed E-state index contributed by atoms with van der Waals surface area (Å²) in [6, 6.07) is 4.40. The van der Waals surface area contributed by atoms with Crippen LogP contribution in [0.2, 0.25) is 0 Å². The van der Waals surface area contributed by atoms with E-state index in [0.717, 1.165) is 11.3 Å². The molecule has 0 aromatic heterocycles. The van der Waals surface area contributed by atoms with Crippen LogP contribution in [0.3, 0.4) is 0 Å². The van der Waals surface area contributed by atoms with E-state index in [1.54, 1.807) is 6.07 Å². The van der Waals surface area contributed by atoms with E-state index in [0.29, 0.717) is 16.3 Å². The summed E-state index contributed by atoms with van der Waals surface area (Å²) in [5, 5.41) is 9.96. The SMILES string of the molecule is O=C(c1cc(Br)ccc1O)N1C(=O)[C@@H]2[C@H]3C=C[C@@H]([C@@H]4C[C@@H]34)[C@H]2C1=O. The highest BCUT2D eigenvalue weighted by atomic mass is 79.9. The van der Waals surface area contributed by atoms with E-state index in [4.69, 9.17) is 0 Å². The molecular weight excluding hydrogens is 374 g/mol. The summed E-state index contributed by atoms with van der Waals surface area (Å²) in [5.41, 5.74) is -0.0322. The number of hydrogen-bond acceptors (Lipinski definition) is 4. The first-order chi connectivity index (χ1) is 11.5. The van der Waals surface area contributed by atoms with Gasteiger partial charge in [0.25, 0.3) is 5.91 Å². The summed E-state index contributed by atoms with van der Waals surface area (Å²) in [4.78, 5) is 39.3. The topological polar surface area (TPSA) is 74.7 Å². The molecule has 0 unspecified atom stereocenters. The molecule has 6 heteroatoms. The van der Waals surface area contributed by atoms with E-state index >= 15 is 0 Å². The summed E-state index contributed by atoms with van der Waals surface area (Å²) in [6.45, 7) is 0. The molecule has 1 heterocycles. The highest BCUT2D eigenvalue weighted by molar-refractivity contribution is 9.10. The molecule has 4 aliphatic carbocycles. The Hall–Kier alpha value is -1.95. The van der Waals surface area contributed by atoms with Gasteiger partial charge in [-0.15, -0.1) is 0 Å². The molecule has 6 rings (SSSR count). The fourth-order valence-electron chi connectivity index (χ4n) is 4.96. The maximum Gasteiger partial charge on any atom is 0.271 e. The molecule has 5 nitrogen and oxygen atoms in total. The van der Waals surface area contributed by atoms with E-state index in [-0.39, 0.29) is 23.1 Å². The summed E-state index contributed by atoms with van der Waals surface area (Å²) < 4.78 is 0.600. The molecule has 5 aliphatic rings. The van der Waals surface area contributed by atoms with Crippen molar-refractivity contribution in [3.8, 4) is 5.75 Å². The standard InChI is InChI=1S/C18H14BrNO4/c19-7-1-4-13(21)12(5-7)16(22)20-17(23)14-8-2-3-9(11-6-10(8)11)15(14)18(20)24/h1-5,8-11,14-15,21H,6H2/t8-,9-,10-,11-,14+,15+/m0/s1. The first-order valence-electron chi connectivity index (χ1n) is 8.08. The van der Waals surface area contributed by atoms with E-state index in [1.807, 2.05) is 0 Å². The van der Waals surface area contributed by atoms with Gasteiger partial charge in [-0.2, -0.15) is 0 Å². The molecule has 1 aromatic carbocycles. The van der Waals surface area contributed by atoms with Gasteiger partial charge in [0.1, 0.15) is 5.75 Å². The second-order valence-corrected chi connectivity index (χ2v) is 8.05. The largest absolute Gasteiger partial charge is 0.507 e. The van der Waals surface area contributed by atoms with Crippen LogP contribution in [-0.2, 0) is 9.59 Å². The number of imide groups is 3. The number of aromatic hydroxyl groups is 1. The Morgan fingerprint density at radius 1 is 1.08 bits per heavy atom. The normalized spacial score (nSPS) is 38.3. The van der Waals surface area contributed by atoms with Gasteiger partial charge >= 0.3 is 0 Å². The average Bonchev–Trinajstić information content (AvgIpc) is 3.34. The molecule has 0 spiro atoms. The molecule has 122 valence electrons. The molecule has 24 heavy (non-hydrogen) atoms. The molecule has 1 aromatic rings. The number of nitrogens with zero attached hydrogens (tertiary/aromatic N) is 1. The van der Waals surface area contributed by atoms with Crippen molar-refractivity contribution in [3.63, 3.8) is 0 Å². The quantitative estimate of drug-likeness (QED) is 0.592. The van der Waals surface area contributed by atoms with Crippen molar-refractivity contribution in [2.24, 2.45) is 35.5 Å². The molecule has 0 radical (unpaired) electrons. The second-order valence-electron chi connectivity index (χ2n) is 7.13. The molecule has 6 atom stereocenters. The average molecular weight is 388 g/mol. The number of benzene rings is 1. The molecule has 3 amide bonds. The smallest absolute Gasteiger partial charge is 0.271 e. The van der Waals surface area contributed by atoms with E-state index in [9.17, 15) is 19.5 Å². The lowest BCUT2D eigenvalue weighted by atomic mass is 9.63. The van der Waals surface area contributed by atoms with Crippen molar-refractivity contribution in [1.82, 2.24) is 4.90 Å². The Bertz CT molecular complexity index is 811. The van der Waals surface area contributed by atoms with Gasteiger partial charge in [0.05, 0.1) is 17.4 Å². The van der Waals surface area contributed by atoms with Crippen molar-refractivity contribution in [2.45, 2.75) is 6.42 Å². The lowest BCUT2D eigenvalue weighted by molar-refractivity contribution is -0.136. The Labute approximate surface area is 146 Å². The third-order valence-corrected chi connectivity index (χ3v) is 6.55. The van der Waals surface area contributed by atoms with E-state index < -0.39 is 29.6 Å². The van der Waals surface area contributed by atoms with Crippen LogP contribution in [0.25, 0.3) is 0 Å². The van der Waals surface area contributed by atoms with Crippen molar-refractivity contribution in [2.75, 3.05) is 0 Å². The van der Waals surface area contributed by atoms with Crippen LogP contribution in [0.5, 0.6) is 5.75 Å². The van der Waals surface area contributed by atoms with Crippen LogP contribution < -0.4 is 0 Å². The molecule has 1 aliphatic heterocycles. The fraction of sp³-hybridized carbons (Fsp3) is 0.389. The predicted octanol–water partition coefficient (Wildman–Crippen LogP) is 2.35. The van der Waals surface area contributed by atoms with Crippen LogP contribution in [0, 0.1) is 35.5 Å². The molecule has 2 saturated carbocycles. The van der Waals surface area contributed by atoms with Gasteiger partial charge in [0.2, 0.25) is 11.8 Å². The summed E-state index contributed by atoms with van der Waals surface area (Å²) >= 11 is 3.25. The first kappa shape index (κ1) is 14.4. The summed E-state index contributed by atoms with van der Waals surface area (Å²) in [7, 11) is 0. The highest BCUT2D eigenvalue weighted by Gasteiger charge is 2.67. The predicted molar refractivity (Wildman–Crippen MR) is 86.7 cm³/mol. The number of carbonyl (C=O) groups excluding carboxylic acids is 3. The number of phenols is 1. The van der Waals surface area contributed by atoms with Crippen LogP contribution in [-0.4, -0.2) is 27.7 Å². The van der Waals surface area contributed by atoms with Crippen molar-refractivity contribution in [1.29, 1.82) is 0 Å². The van der Waals surface area contributed by atoms with Crippen LogP contribution in [0.1, 0.15) is 16.8 Å².